The van der Waals surface area contributed by atoms with E-state index in [1.54, 1.807) is 33.4 Å². The van der Waals surface area contributed by atoms with Gasteiger partial charge in [-0.15, -0.1) is 0 Å². The highest BCUT2D eigenvalue weighted by Gasteiger charge is 2.65. The Morgan fingerprint density at radius 2 is 1.16 bits per heavy atom. The fourth-order valence-electron chi connectivity index (χ4n) is 10.5. The summed E-state index contributed by atoms with van der Waals surface area (Å²) in [4.78, 5) is 5.71. The quantitative estimate of drug-likeness (QED) is 0.345. The zero-order valence-electron chi connectivity index (χ0n) is 22.8. The van der Waals surface area contributed by atoms with Crippen molar-refractivity contribution in [2.75, 3.05) is 9.80 Å². The van der Waals surface area contributed by atoms with E-state index in [4.69, 9.17) is 0 Å². The van der Waals surface area contributed by atoms with E-state index >= 15 is 0 Å². The van der Waals surface area contributed by atoms with Crippen LogP contribution in [0.4, 0.5) is 22.7 Å². The van der Waals surface area contributed by atoms with E-state index < -0.39 is 0 Å². The van der Waals surface area contributed by atoms with Gasteiger partial charge in [0.25, 0.3) is 6.71 Å². The van der Waals surface area contributed by atoms with E-state index in [1.165, 1.54) is 68.2 Å². The van der Waals surface area contributed by atoms with Crippen LogP contribution in [0.2, 0.25) is 0 Å². The molecule has 0 bridgehead atoms. The molecule has 2 aliphatic carbocycles. The van der Waals surface area contributed by atoms with Crippen LogP contribution in [-0.2, 0) is 10.8 Å². The van der Waals surface area contributed by atoms with Crippen molar-refractivity contribution in [3.05, 3.63) is 65.7 Å². The largest absolute Gasteiger partial charge is 0.335 e. The molecule has 4 atom stereocenters. The fraction of sp³-hybridized carbons (Fsp3) is 0.471. The third kappa shape index (κ3) is 2.02. The van der Waals surface area contributed by atoms with Crippen LogP contribution in [0.3, 0.4) is 0 Å². The van der Waals surface area contributed by atoms with Crippen molar-refractivity contribution < 1.29 is 0 Å². The molecule has 186 valence electrons. The molecule has 0 amide bonds. The van der Waals surface area contributed by atoms with E-state index in [0.29, 0.717) is 6.71 Å². The Hall–Kier alpha value is -2.68. The average molecular weight is 484 g/mol. The molecule has 3 heteroatoms. The van der Waals surface area contributed by atoms with Gasteiger partial charge in [0.1, 0.15) is 0 Å². The lowest BCUT2D eigenvalue weighted by Gasteiger charge is -2.54. The highest BCUT2D eigenvalue weighted by Crippen LogP contribution is 2.65. The van der Waals surface area contributed by atoms with Crippen LogP contribution < -0.4 is 26.2 Å². The Morgan fingerprint density at radius 3 is 1.89 bits per heavy atom. The molecule has 0 radical (unpaired) electrons. The second-order valence-corrected chi connectivity index (χ2v) is 13.9. The second-order valence-electron chi connectivity index (χ2n) is 13.9. The predicted molar refractivity (Wildman–Crippen MR) is 157 cm³/mol. The van der Waals surface area contributed by atoms with Gasteiger partial charge in [-0.2, -0.15) is 0 Å². The van der Waals surface area contributed by atoms with Crippen molar-refractivity contribution in [2.45, 2.75) is 101 Å². The third-order valence-corrected chi connectivity index (χ3v) is 12.8. The van der Waals surface area contributed by atoms with Crippen molar-refractivity contribution in [2.24, 2.45) is 0 Å². The number of nitrogens with zero attached hydrogens (tertiary/aromatic N) is 2. The van der Waals surface area contributed by atoms with E-state index in [2.05, 4.69) is 92.1 Å². The standard InChI is InChI=1S/C34H37BN2/c1-31-18-7-10-21-34(31,4)37-27-17-16-23-30-28(27)35(25-14-11-12-22(31)29(25)37)24-13-5-6-15-26(24)36(30)33(3)20-9-8-19-32(23,33)2/h5-6,11-17H,7-10,18-21H2,1-4H3. The van der Waals surface area contributed by atoms with Gasteiger partial charge < -0.3 is 9.80 Å². The van der Waals surface area contributed by atoms with E-state index in [-0.39, 0.29) is 21.9 Å². The molecule has 2 saturated carbocycles. The van der Waals surface area contributed by atoms with Gasteiger partial charge in [-0.25, -0.2) is 0 Å². The van der Waals surface area contributed by atoms with Crippen LogP contribution >= 0.6 is 0 Å². The Bertz CT molecular complexity index is 1540. The number of rotatable bonds is 0. The SMILES string of the molecule is CC12CCCCC1(C)N1c3ccc4c5c3B(c3ccccc3N5C3(C)CCCCC43C)c3cccc2c31. The average Bonchev–Trinajstić information content (AvgIpc) is 3.26. The smallest absolute Gasteiger partial charge is 0.252 e. The first-order valence-electron chi connectivity index (χ1n) is 14.9. The molecular weight excluding hydrogens is 447 g/mol. The predicted octanol–water partition coefficient (Wildman–Crippen LogP) is 6.31. The minimum atomic E-state index is 0.125. The lowest BCUT2D eigenvalue weighted by atomic mass is 9.33. The maximum absolute atomic E-state index is 2.86. The molecule has 0 saturated heterocycles. The molecular formula is C34H37BN2. The minimum absolute atomic E-state index is 0.125. The van der Waals surface area contributed by atoms with Crippen LogP contribution in [0.25, 0.3) is 0 Å². The van der Waals surface area contributed by atoms with Crippen LogP contribution in [0.1, 0.15) is 90.2 Å². The minimum Gasteiger partial charge on any atom is -0.335 e. The Balaban J connectivity index is 1.44. The van der Waals surface area contributed by atoms with Crippen LogP contribution in [0.15, 0.2) is 54.6 Å². The number of para-hydroxylation sites is 2. The summed E-state index contributed by atoms with van der Waals surface area (Å²) >= 11 is 0. The lowest BCUT2D eigenvalue weighted by molar-refractivity contribution is 0.195. The van der Waals surface area contributed by atoms with Gasteiger partial charge in [-0.05, 0) is 79.2 Å². The zero-order chi connectivity index (χ0) is 24.9. The maximum Gasteiger partial charge on any atom is 0.252 e. The number of hydrogen-bond acceptors (Lipinski definition) is 2. The van der Waals surface area contributed by atoms with Crippen molar-refractivity contribution in [3.8, 4) is 0 Å². The molecule has 3 aromatic carbocycles. The van der Waals surface area contributed by atoms with Gasteiger partial charge in [0.2, 0.25) is 0 Å². The highest BCUT2D eigenvalue weighted by atomic mass is 15.3. The Kier molecular flexibility index (Phi) is 3.63. The summed E-state index contributed by atoms with van der Waals surface area (Å²) in [6, 6.07) is 21.9. The molecule has 2 nitrogen and oxygen atoms in total. The molecule has 4 aliphatic heterocycles. The number of hydrogen-bond donors (Lipinski definition) is 0. The van der Waals surface area contributed by atoms with Gasteiger partial charge in [-0.3, -0.25) is 0 Å². The molecule has 0 spiro atoms. The molecule has 0 aromatic heterocycles. The van der Waals surface area contributed by atoms with Gasteiger partial charge in [0, 0.05) is 33.6 Å². The van der Waals surface area contributed by atoms with Crippen LogP contribution in [0.5, 0.6) is 0 Å². The molecule has 37 heavy (non-hydrogen) atoms. The summed E-state index contributed by atoms with van der Waals surface area (Å²) in [5, 5.41) is 0. The van der Waals surface area contributed by atoms with E-state index in [0.717, 1.165) is 0 Å². The molecule has 4 heterocycles. The monoisotopic (exact) mass is 484 g/mol. The summed E-state index contributed by atoms with van der Waals surface area (Å²) < 4.78 is 0. The summed E-state index contributed by atoms with van der Waals surface area (Å²) in [5.74, 6) is 0. The second kappa shape index (κ2) is 6.30. The Morgan fingerprint density at radius 1 is 0.568 bits per heavy atom. The fourth-order valence-corrected chi connectivity index (χ4v) is 10.5. The van der Waals surface area contributed by atoms with Crippen LogP contribution in [0, 0.1) is 0 Å². The first-order valence-corrected chi connectivity index (χ1v) is 14.9. The van der Waals surface area contributed by atoms with Crippen molar-refractivity contribution in [1.82, 2.24) is 0 Å². The Labute approximate surface area is 222 Å². The topological polar surface area (TPSA) is 6.48 Å². The normalized spacial score (nSPS) is 35.5. The molecule has 4 unspecified atom stereocenters. The van der Waals surface area contributed by atoms with E-state index in [9.17, 15) is 0 Å². The molecule has 6 aliphatic rings. The van der Waals surface area contributed by atoms with Crippen LogP contribution in [-0.4, -0.2) is 17.8 Å². The summed E-state index contributed by atoms with van der Waals surface area (Å²) in [5.41, 5.74) is 14.6. The third-order valence-electron chi connectivity index (χ3n) is 12.8. The van der Waals surface area contributed by atoms with Crippen molar-refractivity contribution in [1.29, 1.82) is 0 Å². The van der Waals surface area contributed by atoms with Gasteiger partial charge in [0.05, 0.1) is 11.1 Å². The highest BCUT2D eigenvalue weighted by molar-refractivity contribution is 7.00. The summed E-state index contributed by atoms with van der Waals surface area (Å²) in [6.45, 7) is 10.7. The number of fused-ring (bicyclic) bond motifs is 11. The van der Waals surface area contributed by atoms with Crippen molar-refractivity contribution in [3.63, 3.8) is 0 Å². The van der Waals surface area contributed by atoms with Gasteiger partial charge >= 0.3 is 0 Å². The molecule has 9 rings (SSSR count). The number of anilines is 4. The zero-order valence-corrected chi connectivity index (χ0v) is 22.8. The maximum atomic E-state index is 2.86. The van der Waals surface area contributed by atoms with Gasteiger partial charge in [0.15, 0.2) is 0 Å². The first-order chi connectivity index (χ1) is 17.9. The molecule has 2 fully saturated rings. The first kappa shape index (κ1) is 21.3. The molecule has 3 aromatic rings. The lowest BCUT2D eigenvalue weighted by Crippen LogP contribution is -2.66. The summed E-state index contributed by atoms with van der Waals surface area (Å²) in [7, 11) is 0. The summed E-state index contributed by atoms with van der Waals surface area (Å²) in [6.07, 6.45) is 10.5. The van der Waals surface area contributed by atoms with Gasteiger partial charge in [-0.1, -0.05) is 82.0 Å². The number of benzene rings is 3. The van der Waals surface area contributed by atoms with E-state index in [1.807, 2.05) is 0 Å². The molecule has 0 N–H and O–H groups in total. The van der Waals surface area contributed by atoms with Crippen molar-refractivity contribution >= 4 is 45.9 Å².